The van der Waals surface area contributed by atoms with Crippen LogP contribution < -0.4 is 5.32 Å². The van der Waals surface area contributed by atoms with Crippen molar-refractivity contribution in [3.05, 3.63) is 21.9 Å². The SMILES string of the molecule is O=C(NCC1CCC2(CCN(Cc3cc(CN4CCCC4)cs3)CC2)O1)C1CCOCC1. The second-order valence-corrected chi connectivity index (χ2v) is 11.3. The molecule has 5 heterocycles. The van der Waals surface area contributed by atoms with Gasteiger partial charge in [0.2, 0.25) is 5.91 Å². The van der Waals surface area contributed by atoms with E-state index in [2.05, 4.69) is 26.6 Å². The van der Waals surface area contributed by atoms with Gasteiger partial charge in [0, 0.05) is 56.7 Å². The van der Waals surface area contributed by atoms with Crippen LogP contribution >= 0.6 is 11.3 Å². The number of nitrogens with one attached hydrogen (secondary N) is 1. The number of ether oxygens (including phenoxy) is 2. The van der Waals surface area contributed by atoms with Gasteiger partial charge in [0.05, 0.1) is 11.7 Å². The molecule has 0 radical (unpaired) electrons. The summed E-state index contributed by atoms with van der Waals surface area (Å²) in [4.78, 5) is 19.1. The van der Waals surface area contributed by atoms with Crippen molar-refractivity contribution >= 4 is 17.2 Å². The summed E-state index contributed by atoms with van der Waals surface area (Å²) < 4.78 is 11.9. The molecule has 6 nitrogen and oxygen atoms in total. The molecule has 0 bridgehead atoms. The van der Waals surface area contributed by atoms with Crippen molar-refractivity contribution in [3.8, 4) is 0 Å². The monoisotopic (exact) mass is 461 g/mol. The van der Waals surface area contributed by atoms with E-state index in [1.54, 1.807) is 0 Å². The van der Waals surface area contributed by atoms with E-state index in [0.29, 0.717) is 19.8 Å². The summed E-state index contributed by atoms with van der Waals surface area (Å²) in [5.41, 5.74) is 1.53. The predicted molar refractivity (Wildman–Crippen MR) is 127 cm³/mol. The van der Waals surface area contributed by atoms with Crippen LogP contribution in [0.5, 0.6) is 0 Å². The van der Waals surface area contributed by atoms with Crippen LogP contribution in [0.15, 0.2) is 11.4 Å². The molecule has 1 unspecified atom stereocenters. The van der Waals surface area contributed by atoms with Gasteiger partial charge in [-0.3, -0.25) is 14.6 Å². The highest BCUT2D eigenvalue weighted by Crippen LogP contribution is 2.39. The van der Waals surface area contributed by atoms with Gasteiger partial charge in [0.25, 0.3) is 0 Å². The van der Waals surface area contributed by atoms with E-state index in [1.165, 1.54) is 36.4 Å². The quantitative estimate of drug-likeness (QED) is 0.675. The summed E-state index contributed by atoms with van der Waals surface area (Å²) in [7, 11) is 0. The Morgan fingerprint density at radius 2 is 1.78 bits per heavy atom. The van der Waals surface area contributed by atoms with E-state index in [9.17, 15) is 4.79 Å². The molecule has 0 saturated carbocycles. The van der Waals surface area contributed by atoms with Gasteiger partial charge >= 0.3 is 0 Å². The minimum Gasteiger partial charge on any atom is -0.381 e. The molecule has 32 heavy (non-hydrogen) atoms. The molecule has 1 spiro atoms. The second-order valence-electron chi connectivity index (χ2n) is 10.3. The van der Waals surface area contributed by atoms with Crippen LogP contribution in [-0.2, 0) is 27.4 Å². The average molecular weight is 462 g/mol. The third kappa shape index (κ3) is 5.73. The van der Waals surface area contributed by atoms with Crippen LogP contribution in [0.4, 0.5) is 0 Å². The van der Waals surface area contributed by atoms with Crippen LogP contribution in [-0.4, -0.2) is 73.3 Å². The fourth-order valence-electron chi connectivity index (χ4n) is 5.86. The molecule has 4 fully saturated rings. The van der Waals surface area contributed by atoms with Crippen molar-refractivity contribution in [2.75, 3.05) is 45.9 Å². The lowest BCUT2D eigenvalue weighted by molar-refractivity contribution is -0.129. The van der Waals surface area contributed by atoms with E-state index in [0.717, 1.165) is 64.7 Å². The molecule has 7 heteroatoms. The lowest BCUT2D eigenvalue weighted by atomic mass is 9.88. The molecule has 4 aliphatic heterocycles. The molecule has 4 saturated heterocycles. The van der Waals surface area contributed by atoms with Crippen LogP contribution in [0.3, 0.4) is 0 Å². The van der Waals surface area contributed by atoms with Crippen LogP contribution in [0.25, 0.3) is 0 Å². The minimum absolute atomic E-state index is 0.0426. The van der Waals surface area contributed by atoms with Gasteiger partial charge in [-0.2, -0.15) is 0 Å². The number of nitrogens with zero attached hydrogens (tertiary/aromatic N) is 2. The first-order valence-electron chi connectivity index (χ1n) is 12.7. The zero-order valence-electron chi connectivity index (χ0n) is 19.4. The normalized spacial score (nSPS) is 27.3. The largest absolute Gasteiger partial charge is 0.381 e. The van der Waals surface area contributed by atoms with Crippen molar-refractivity contribution in [2.45, 2.75) is 76.2 Å². The molecule has 1 aromatic heterocycles. The summed E-state index contributed by atoms with van der Waals surface area (Å²) in [5.74, 6) is 0.309. The van der Waals surface area contributed by atoms with E-state index >= 15 is 0 Å². The van der Waals surface area contributed by atoms with Crippen LogP contribution in [0.1, 0.15) is 61.8 Å². The summed E-state index contributed by atoms with van der Waals surface area (Å²) in [5, 5.41) is 5.51. The number of piperidine rings is 1. The Balaban J connectivity index is 1.03. The molecule has 0 aliphatic carbocycles. The molecule has 1 aromatic rings. The highest BCUT2D eigenvalue weighted by molar-refractivity contribution is 7.10. The van der Waals surface area contributed by atoms with E-state index in [-0.39, 0.29) is 23.5 Å². The van der Waals surface area contributed by atoms with Gasteiger partial charge in [0.15, 0.2) is 0 Å². The minimum atomic E-state index is 0.0426. The molecule has 1 N–H and O–H groups in total. The van der Waals surface area contributed by atoms with E-state index in [1.807, 2.05) is 11.3 Å². The molecular formula is C25H39N3O3S. The van der Waals surface area contributed by atoms with E-state index in [4.69, 9.17) is 9.47 Å². The molecule has 1 atom stereocenters. The topological polar surface area (TPSA) is 54.0 Å². The lowest BCUT2D eigenvalue weighted by Crippen LogP contribution is -2.45. The van der Waals surface area contributed by atoms with Crippen molar-refractivity contribution in [1.29, 1.82) is 0 Å². The Kier molecular flexibility index (Phi) is 7.49. The molecule has 1 amide bonds. The fourth-order valence-corrected chi connectivity index (χ4v) is 6.78. The number of likely N-dealkylation sites (tertiary alicyclic amines) is 2. The zero-order valence-corrected chi connectivity index (χ0v) is 20.2. The summed E-state index contributed by atoms with van der Waals surface area (Å²) in [6, 6.07) is 2.43. The smallest absolute Gasteiger partial charge is 0.223 e. The highest BCUT2D eigenvalue weighted by Gasteiger charge is 2.42. The van der Waals surface area contributed by atoms with Crippen LogP contribution in [0, 0.1) is 5.92 Å². The fraction of sp³-hybridized carbons (Fsp3) is 0.800. The maximum atomic E-state index is 12.4. The van der Waals surface area contributed by atoms with Gasteiger partial charge in [-0.1, -0.05) is 0 Å². The molecule has 4 aliphatic rings. The maximum Gasteiger partial charge on any atom is 0.223 e. The number of thiophene rings is 1. The average Bonchev–Trinajstić information content (AvgIpc) is 3.58. The highest BCUT2D eigenvalue weighted by atomic mass is 32.1. The molecule has 0 aromatic carbocycles. The van der Waals surface area contributed by atoms with Gasteiger partial charge < -0.3 is 14.8 Å². The Morgan fingerprint density at radius 1 is 1.03 bits per heavy atom. The van der Waals surface area contributed by atoms with Crippen molar-refractivity contribution in [2.24, 2.45) is 5.92 Å². The van der Waals surface area contributed by atoms with Gasteiger partial charge in [-0.15, -0.1) is 11.3 Å². The van der Waals surface area contributed by atoms with Crippen molar-refractivity contribution in [3.63, 3.8) is 0 Å². The first-order valence-corrected chi connectivity index (χ1v) is 13.6. The van der Waals surface area contributed by atoms with Gasteiger partial charge in [-0.05, 0) is 81.5 Å². The number of hydrogen-bond acceptors (Lipinski definition) is 6. The van der Waals surface area contributed by atoms with Gasteiger partial charge in [-0.25, -0.2) is 0 Å². The second kappa shape index (κ2) is 10.5. The third-order valence-corrected chi connectivity index (χ3v) is 8.86. The standard InChI is InChI=1S/C25H39N3O3S/c29-24(21-4-13-30-14-5-21)26-16-22-3-6-25(31-22)7-11-28(12-8-25)18-23-15-20(19-32-23)17-27-9-1-2-10-27/h15,19,21-22H,1-14,16-18H2,(H,26,29). The van der Waals surface area contributed by atoms with E-state index < -0.39 is 0 Å². The summed E-state index contributed by atoms with van der Waals surface area (Å²) in [6.45, 7) is 9.04. The molecule has 5 rings (SSSR count). The summed E-state index contributed by atoms with van der Waals surface area (Å²) in [6.07, 6.45) is 9.02. The predicted octanol–water partition coefficient (Wildman–Crippen LogP) is 3.40. The van der Waals surface area contributed by atoms with Gasteiger partial charge in [0.1, 0.15) is 0 Å². The zero-order chi connectivity index (χ0) is 21.8. The first-order chi connectivity index (χ1) is 15.7. The summed E-state index contributed by atoms with van der Waals surface area (Å²) >= 11 is 1.92. The molecule has 178 valence electrons. The number of amides is 1. The van der Waals surface area contributed by atoms with Crippen molar-refractivity contribution < 1.29 is 14.3 Å². The Morgan fingerprint density at radius 3 is 2.56 bits per heavy atom. The van der Waals surface area contributed by atoms with Crippen LogP contribution in [0.2, 0.25) is 0 Å². The number of carbonyl (C=O) groups is 1. The third-order valence-electron chi connectivity index (χ3n) is 7.89. The number of hydrogen-bond donors (Lipinski definition) is 1. The maximum absolute atomic E-state index is 12.4. The molecular weight excluding hydrogens is 422 g/mol. The van der Waals surface area contributed by atoms with Crippen molar-refractivity contribution in [1.82, 2.24) is 15.1 Å². The lowest BCUT2D eigenvalue weighted by Gasteiger charge is -2.39. The number of rotatable bonds is 7. The first kappa shape index (κ1) is 22.8. The Hall–Kier alpha value is -0.990. The number of carbonyl (C=O) groups excluding carboxylic acids is 1. The Bertz CT molecular complexity index is 749. The Labute approximate surface area is 196 Å².